The number of anilines is 1. The average molecular weight is 415 g/mol. The maximum atomic E-state index is 12.3. The molecule has 0 unspecified atom stereocenters. The van der Waals surface area contributed by atoms with Gasteiger partial charge in [0.25, 0.3) is 5.91 Å². The Kier molecular flexibility index (Phi) is 6.62. The first-order valence-corrected chi connectivity index (χ1v) is 9.81. The van der Waals surface area contributed by atoms with Crippen molar-refractivity contribution in [2.24, 2.45) is 5.10 Å². The molecular weight excluding hydrogens is 396 g/mol. The Hall–Kier alpha value is -2.90. The van der Waals surface area contributed by atoms with Crippen LogP contribution in [0.1, 0.15) is 33.4 Å². The van der Waals surface area contributed by atoms with Crippen LogP contribution in [0.25, 0.3) is 0 Å². The molecule has 0 aliphatic rings. The number of aromatic nitrogens is 1. The number of carbonyl (C=O) groups excluding carboxylic acids is 1. The molecular formula is C20H19ClN4O2S. The Morgan fingerprint density at radius 1 is 1.29 bits per heavy atom. The zero-order valence-corrected chi connectivity index (χ0v) is 16.8. The van der Waals surface area contributed by atoms with E-state index in [1.807, 2.05) is 55.5 Å². The predicted octanol–water partition coefficient (Wildman–Crippen LogP) is 4.28. The average Bonchev–Trinajstić information content (AvgIpc) is 3.09. The van der Waals surface area contributed by atoms with E-state index in [9.17, 15) is 4.79 Å². The van der Waals surface area contributed by atoms with Crippen molar-refractivity contribution in [3.63, 3.8) is 0 Å². The summed E-state index contributed by atoms with van der Waals surface area (Å²) in [5, 5.41) is 5.09. The fourth-order valence-corrected chi connectivity index (χ4v) is 3.40. The lowest BCUT2D eigenvalue weighted by Gasteiger charge is -2.09. The van der Waals surface area contributed by atoms with Gasteiger partial charge in [0.1, 0.15) is 17.2 Å². The monoisotopic (exact) mass is 414 g/mol. The molecule has 1 aromatic heterocycles. The molecule has 0 atom stereocenters. The molecule has 6 nitrogen and oxygen atoms in total. The highest BCUT2D eigenvalue weighted by Crippen LogP contribution is 2.21. The number of nitrogens with two attached hydrogens (primary N) is 1. The number of rotatable bonds is 7. The van der Waals surface area contributed by atoms with Crippen LogP contribution in [0.15, 0.2) is 53.6 Å². The molecule has 0 radical (unpaired) electrons. The lowest BCUT2D eigenvalue weighted by Crippen LogP contribution is -2.17. The van der Waals surface area contributed by atoms with Crippen molar-refractivity contribution in [2.45, 2.75) is 20.0 Å². The third-order valence-electron chi connectivity index (χ3n) is 3.85. The molecule has 8 heteroatoms. The van der Waals surface area contributed by atoms with Crippen LogP contribution < -0.4 is 15.9 Å². The van der Waals surface area contributed by atoms with E-state index in [0.717, 1.165) is 22.5 Å². The number of thiazole rings is 1. The zero-order chi connectivity index (χ0) is 19.9. The van der Waals surface area contributed by atoms with Gasteiger partial charge in [0.2, 0.25) is 0 Å². The SMILES string of the molecule is CCc1nc(N)sc1C(=O)N/N=C\c1ccccc1OCc1ccc(Cl)cc1. The summed E-state index contributed by atoms with van der Waals surface area (Å²) < 4.78 is 5.87. The number of carbonyl (C=O) groups is 1. The molecule has 0 spiro atoms. The molecule has 2 aromatic carbocycles. The summed E-state index contributed by atoms with van der Waals surface area (Å²) in [4.78, 5) is 16.9. The number of benzene rings is 2. The minimum Gasteiger partial charge on any atom is -0.488 e. The number of nitrogens with one attached hydrogen (secondary N) is 1. The Labute approximate surface area is 172 Å². The summed E-state index contributed by atoms with van der Waals surface area (Å²) in [7, 11) is 0. The van der Waals surface area contributed by atoms with Crippen molar-refractivity contribution in [1.29, 1.82) is 0 Å². The van der Waals surface area contributed by atoms with Gasteiger partial charge in [0.15, 0.2) is 5.13 Å². The van der Waals surface area contributed by atoms with Crippen LogP contribution in [0.3, 0.4) is 0 Å². The number of hydrazone groups is 1. The molecule has 0 bridgehead atoms. The summed E-state index contributed by atoms with van der Waals surface area (Å²) in [6.45, 7) is 2.32. The lowest BCUT2D eigenvalue weighted by atomic mass is 10.2. The largest absolute Gasteiger partial charge is 0.488 e. The number of aryl methyl sites for hydroxylation is 1. The third-order valence-corrected chi connectivity index (χ3v) is 5.03. The highest BCUT2D eigenvalue weighted by molar-refractivity contribution is 7.17. The number of nitrogen functional groups attached to an aromatic ring is 1. The number of nitrogens with zero attached hydrogens (tertiary/aromatic N) is 2. The van der Waals surface area contributed by atoms with Gasteiger partial charge in [-0.05, 0) is 36.2 Å². The Balaban J connectivity index is 1.65. The number of amides is 1. The molecule has 3 aromatic rings. The highest BCUT2D eigenvalue weighted by atomic mass is 35.5. The normalized spacial score (nSPS) is 10.9. The Morgan fingerprint density at radius 3 is 2.79 bits per heavy atom. The van der Waals surface area contributed by atoms with E-state index in [2.05, 4.69) is 15.5 Å². The standard InChI is InChI=1S/C20H19ClN4O2S/c1-2-16-18(28-20(22)24-16)19(26)25-23-11-14-5-3-4-6-17(14)27-12-13-7-9-15(21)10-8-13/h3-11H,2,12H2,1H3,(H2,22,24)(H,25,26)/b23-11-. The van der Waals surface area contributed by atoms with Crippen molar-refractivity contribution < 1.29 is 9.53 Å². The van der Waals surface area contributed by atoms with E-state index in [0.29, 0.717) is 39.5 Å². The molecule has 28 heavy (non-hydrogen) atoms. The minimum absolute atomic E-state index is 0.332. The van der Waals surface area contributed by atoms with Crippen molar-refractivity contribution in [2.75, 3.05) is 5.73 Å². The number of ether oxygens (including phenoxy) is 1. The summed E-state index contributed by atoms with van der Waals surface area (Å²) in [5.74, 6) is 0.327. The van der Waals surface area contributed by atoms with E-state index in [4.69, 9.17) is 22.1 Å². The van der Waals surface area contributed by atoms with Crippen molar-refractivity contribution in [3.8, 4) is 5.75 Å². The highest BCUT2D eigenvalue weighted by Gasteiger charge is 2.15. The molecule has 0 aliphatic carbocycles. The molecule has 0 saturated heterocycles. The summed E-state index contributed by atoms with van der Waals surface area (Å²) in [5.41, 5.74) is 10.6. The van der Waals surface area contributed by atoms with Gasteiger partial charge in [-0.3, -0.25) is 4.79 Å². The van der Waals surface area contributed by atoms with Gasteiger partial charge >= 0.3 is 0 Å². The first kappa shape index (κ1) is 19.9. The maximum absolute atomic E-state index is 12.3. The van der Waals surface area contributed by atoms with Gasteiger partial charge in [0.05, 0.1) is 11.9 Å². The fraction of sp³-hybridized carbons (Fsp3) is 0.150. The van der Waals surface area contributed by atoms with Crippen molar-refractivity contribution >= 4 is 40.2 Å². The van der Waals surface area contributed by atoms with Crippen LogP contribution in [-0.4, -0.2) is 17.1 Å². The van der Waals surface area contributed by atoms with E-state index < -0.39 is 0 Å². The maximum Gasteiger partial charge on any atom is 0.283 e. The van der Waals surface area contributed by atoms with E-state index >= 15 is 0 Å². The van der Waals surface area contributed by atoms with Gasteiger partial charge in [-0.2, -0.15) is 5.10 Å². The van der Waals surface area contributed by atoms with Gasteiger partial charge in [0, 0.05) is 10.6 Å². The summed E-state index contributed by atoms with van der Waals surface area (Å²) in [6.07, 6.45) is 2.17. The molecule has 3 N–H and O–H groups in total. The number of hydrogen-bond acceptors (Lipinski definition) is 6. The zero-order valence-electron chi connectivity index (χ0n) is 15.2. The summed E-state index contributed by atoms with van der Waals surface area (Å²) in [6, 6.07) is 14.9. The van der Waals surface area contributed by atoms with E-state index in [1.165, 1.54) is 0 Å². The van der Waals surface area contributed by atoms with Crippen LogP contribution in [-0.2, 0) is 13.0 Å². The molecule has 1 amide bonds. The first-order valence-electron chi connectivity index (χ1n) is 8.61. The van der Waals surface area contributed by atoms with Crippen LogP contribution in [0.2, 0.25) is 5.02 Å². The topological polar surface area (TPSA) is 89.6 Å². The second-order valence-corrected chi connectivity index (χ2v) is 7.30. The number of hydrogen-bond donors (Lipinski definition) is 2. The van der Waals surface area contributed by atoms with Crippen LogP contribution in [0.5, 0.6) is 5.75 Å². The van der Waals surface area contributed by atoms with Crippen LogP contribution in [0.4, 0.5) is 5.13 Å². The van der Waals surface area contributed by atoms with E-state index in [-0.39, 0.29) is 5.91 Å². The molecule has 0 fully saturated rings. The Morgan fingerprint density at radius 2 is 2.04 bits per heavy atom. The van der Waals surface area contributed by atoms with Crippen molar-refractivity contribution in [3.05, 3.63) is 75.3 Å². The fourth-order valence-electron chi connectivity index (χ4n) is 2.46. The van der Waals surface area contributed by atoms with Crippen LogP contribution >= 0.6 is 22.9 Å². The minimum atomic E-state index is -0.332. The van der Waals surface area contributed by atoms with Gasteiger partial charge in [-0.25, -0.2) is 10.4 Å². The third kappa shape index (κ3) is 5.09. The molecule has 3 rings (SSSR count). The molecule has 144 valence electrons. The van der Waals surface area contributed by atoms with Gasteiger partial charge in [-0.15, -0.1) is 0 Å². The molecule has 0 saturated carbocycles. The van der Waals surface area contributed by atoms with Gasteiger partial charge < -0.3 is 10.5 Å². The Bertz CT molecular complexity index is 986. The van der Waals surface area contributed by atoms with E-state index in [1.54, 1.807) is 6.21 Å². The quantitative estimate of drug-likeness (QED) is 0.446. The predicted molar refractivity (Wildman–Crippen MR) is 113 cm³/mol. The lowest BCUT2D eigenvalue weighted by molar-refractivity contribution is 0.0958. The van der Waals surface area contributed by atoms with Gasteiger partial charge in [-0.1, -0.05) is 54.1 Å². The first-order chi connectivity index (χ1) is 13.6. The molecule has 0 aliphatic heterocycles. The molecule has 1 heterocycles. The van der Waals surface area contributed by atoms with Crippen LogP contribution in [0, 0.1) is 0 Å². The number of para-hydroxylation sites is 1. The van der Waals surface area contributed by atoms with Crippen molar-refractivity contribution in [1.82, 2.24) is 10.4 Å². The number of halogens is 1. The second kappa shape index (κ2) is 9.34. The smallest absolute Gasteiger partial charge is 0.283 e. The second-order valence-electron chi connectivity index (χ2n) is 5.83. The summed E-state index contributed by atoms with van der Waals surface area (Å²) >= 11 is 7.05.